The molecule has 0 aromatic heterocycles. The van der Waals surface area contributed by atoms with Crippen LogP contribution in [-0.2, 0) is 0 Å². The predicted octanol–water partition coefficient (Wildman–Crippen LogP) is 3.48. The maximum absolute atomic E-state index is 3.86. The average Bonchev–Trinajstić information content (AvgIpc) is 2.04. The van der Waals surface area contributed by atoms with Crippen LogP contribution in [-0.4, -0.2) is 0 Å². The number of hydrogen-bond donors (Lipinski definition) is 0. The van der Waals surface area contributed by atoms with E-state index < -0.39 is 0 Å². The minimum Gasteiger partial charge on any atom is -0.102 e. The third-order valence-corrected chi connectivity index (χ3v) is 1.45. The highest BCUT2D eigenvalue weighted by Gasteiger charge is 1.79. The lowest BCUT2D eigenvalue weighted by Gasteiger charge is -1.88. The number of rotatable bonds is 3. The fraction of sp³-hybridized carbons (Fsp3) is 0.333. The van der Waals surface area contributed by atoms with Gasteiger partial charge in [-0.2, -0.15) is 0 Å². The molecule has 64 valence electrons. The summed E-state index contributed by atoms with van der Waals surface area (Å²) in [5.41, 5.74) is 2.22. The van der Waals surface area contributed by atoms with E-state index in [1.807, 2.05) is 32.1 Å². The Morgan fingerprint density at radius 2 is 2.17 bits per heavy atom. The maximum atomic E-state index is 3.86. The summed E-state index contributed by atoms with van der Waals surface area (Å²) in [7, 11) is 0. The van der Waals surface area contributed by atoms with Gasteiger partial charge in [0.1, 0.15) is 0 Å². The van der Waals surface area contributed by atoms with Crippen molar-refractivity contribution < 1.29 is 0 Å². The SMILES string of the molecule is C=C(/C=C\C=C(/C)C#CC)CC. The van der Waals surface area contributed by atoms with Crippen molar-refractivity contribution in [2.24, 2.45) is 0 Å². The molecule has 0 heteroatoms. The summed E-state index contributed by atoms with van der Waals surface area (Å²) in [4.78, 5) is 0. The van der Waals surface area contributed by atoms with Gasteiger partial charge in [-0.05, 0) is 25.8 Å². The van der Waals surface area contributed by atoms with E-state index in [0.29, 0.717) is 0 Å². The molecule has 0 saturated heterocycles. The van der Waals surface area contributed by atoms with Crippen molar-refractivity contribution in [1.82, 2.24) is 0 Å². The molecule has 0 N–H and O–H groups in total. The number of allylic oxidation sites excluding steroid dienone is 5. The summed E-state index contributed by atoms with van der Waals surface area (Å²) in [5, 5.41) is 0. The first kappa shape index (κ1) is 10.8. The van der Waals surface area contributed by atoms with Crippen LogP contribution in [0, 0.1) is 11.8 Å². The van der Waals surface area contributed by atoms with Gasteiger partial charge in [-0.25, -0.2) is 0 Å². The fourth-order valence-electron chi connectivity index (χ4n) is 0.685. The molecule has 0 aliphatic carbocycles. The third-order valence-electron chi connectivity index (χ3n) is 1.45. The van der Waals surface area contributed by atoms with Crippen LogP contribution in [0.25, 0.3) is 0 Å². The van der Waals surface area contributed by atoms with E-state index >= 15 is 0 Å². The van der Waals surface area contributed by atoms with Crippen LogP contribution in [0.1, 0.15) is 27.2 Å². The lowest BCUT2D eigenvalue weighted by atomic mass is 10.2. The minimum atomic E-state index is 1.00. The van der Waals surface area contributed by atoms with E-state index in [4.69, 9.17) is 0 Å². The molecule has 0 radical (unpaired) electrons. The molecule has 0 amide bonds. The Bertz CT molecular complexity index is 253. The fourth-order valence-corrected chi connectivity index (χ4v) is 0.685. The second-order valence-corrected chi connectivity index (χ2v) is 2.60. The normalized spacial score (nSPS) is 11.1. The molecular formula is C12H16. The zero-order valence-electron chi connectivity index (χ0n) is 8.15. The van der Waals surface area contributed by atoms with Gasteiger partial charge in [0.25, 0.3) is 0 Å². The van der Waals surface area contributed by atoms with Crippen molar-refractivity contribution in [3.63, 3.8) is 0 Å². The highest BCUT2D eigenvalue weighted by atomic mass is 13.9. The first-order valence-electron chi connectivity index (χ1n) is 4.16. The Morgan fingerprint density at radius 1 is 1.50 bits per heavy atom. The van der Waals surface area contributed by atoms with Gasteiger partial charge < -0.3 is 0 Å². The molecule has 0 heterocycles. The molecule has 0 aromatic rings. The molecule has 12 heavy (non-hydrogen) atoms. The second-order valence-electron chi connectivity index (χ2n) is 2.60. The van der Waals surface area contributed by atoms with Crippen LogP contribution in [0.15, 0.2) is 36.0 Å². The molecule has 0 atom stereocenters. The summed E-state index contributed by atoms with van der Waals surface area (Å²) >= 11 is 0. The van der Waals surface area contributed by atoms with Gasteiger partial charge in [-0.3, -0.25) is 0 Å². The Kier molecular flexibility index (Phi) is 5.83. The van der Waals surface area contributed by atoms with Crippen LogP contribution in [0.2, 0.25) is 0 Å². The quantitative estimate of drug-likeness (QED) is 0.438. The van der Waals surface area contributed by atoms with Crippen molar-refractivity contribution >= 4 is 0 Å². The van der Waals surface area contributed by atoms with E-state index in [-0.39, 0.29) is 0 Å². The molecule has 0 fully saturated rings. The molecule has 0 nitrogen and oxygen atoms in total. The molecular weight excluding hydrogens is 144 g/mol. The Hall–Kier alpha value is -1.22. The smallest absolute Gasteiger partial charge is 0.00109 e. The molecule has 0 aromatic carbocycles. The zero-order chi connectivity index (χ0) is 9.40. The predicted molar refractivity (Wildman–Crippen MR) is 55.8 cm³/mol. The molecule has 0 rings (SSSR count). The van der Waals surface area contributed by atoms with E-state index in [9.17, 15) is 0 Å². The molecule has 0 saturated carbocycles. The maximum Gasteiger partial charge on any atom is -0.00109 e. The Morgan fingerprint density at radius 3 is 2.67 bits per heavy atom. The van der Waals surface area contributed by atoms with Crippen molar-refractivity contribution in [1.29, 1.82) is 0 Å². The van der Waals surface area contributed by atoms with Crippen LogP contribution >= 0.6 is 0 Å². The lowest BCUT2D eigenvalue weighted by molar-refractivity contribution is 1.16. The molecule has 0 unspecified atom stereocenters. The number of hydrogen-bond acceptors (Lipinski definition) is 0. The van der Waals surface area contributed by atoms with Gasteiger partial charge in [0.15, 0.2) is 0 Å². The second kappa shape index (κ2) is 6.49. The molecule has 0 spiro atoms. The highest BCUT2D eigenvalue weighted by Crippen LogP contribution is 1.99. The highest BCUT2D eigenvalue weighted by molar-refractivity contribution is 5.31. The van der Waals surface area contributed by atoms with Gasteiger partial charge in [0.2, 0.25) is 0 Å². The first-order chi connectivity index (χ1) is 5.70. The summed E-state index contributed by atoms with van der Waals surface area (Å²) in [6.07, 6.45) is 7.01. The van der Waals surface area contributed by atoms with Crippen LogP contribution in [0.3, 0.4) is 0 Å². The van der Waals surface area contributed by atoms with E-state index in [1.165, 1.54) is 0 Å². The van der Waals surface area contributed by atoms with Crippen LogP contribution in [0.4, 0.5) is 0 Å². The summed E-state index contributed by atoms with van der Waals surface area (Å²) < 4.78 is 0. The topological polar surface area (TPSA) is 0 Å². The third kappa shape index (κ3) is 5.56. The van der Waals surface area contributed by atoms with Crippen molar-refractivity contribution in [2.75, 3.05) is 0 Å². The van der Waals surface area contributed by atoms with E-state index in [0.717, 1.165) is 17.6 Å². The van der Waals surface area contributed by atoms with E-state index in [2.05, 4.69) is 25.3 Å². The Balaban J connectivity index is 4.09. The monoisotopic (exact) mass is 160 g/mol. The standard InChI is InChI=1S/C12H16/c1-5-8-12(4)10-7-9-11(3)6-2/h7,9-10H,3,6H2,1-2,4H3/b9-7-,12-10+. The lowest BCUT2D eigenvalue weighted by Crippen LogP contribution is -1.69. The largest absolute Gasteiger partial charge is 0.102 e. The average molecular weight is 160 g/mol. The van der Waals surface area contributed by atoms with E-state index in [1.54, 1.807) is 0 Å². The summed E-state index contributed by atoms with van der Waals surface area (Å²) in [5.74, 6) is 5.81. The van der Waals surface area contributed by atoms with Crippen molar-refractivity contribution in [3.8, 4) is 11.8 Å². The minimum absolute atomic E-state index is 1.00. The van der Waals surface area contributed by atoms with Crippen LogP contribution in [0.5, 0.6) is 0 Å². The Labute approximate surface area is 75.7 Å². The van der Waals surface area contributed by atoms with Gasteiger partial charge in [0.05, 0.1) is 0 Å². The van der Waals surface area contributed by atoms with Gasteiger partial charge in [0, 0.05) is 0 Å². The summed E-state index contributed by atoms with van der Waals surface area (Å²) in [6.45, 7) is 9.79. The molecule has 0 aliphatic rings. The zero-order valence-corrected chi connectivity index (χ0v) is 8.15. The molecule has 0 bridgehead atoms. The van der Waals surface area contributed by atoms with Gasteiger partial charge >= 0.3 is 0 Å². The van der Waals surface area contributed by atoms with Crippen molar-refractivity contribution in [2.45, 2.75) is 27.2 Å². The first-order valence-corrected chi connectivity index (χ1v) is 4.16. The van der Waals surface area contributed by atoms with Gasteiger partial charge in [-0.1, -0.05) is 43.2 Å². The molecule has 0 aliphatic heterocycles. The van der Waals surface area contributed by atoms with Gasteiger partial charge in [-0.15, -0.1) is 5.92 Å². The summed E-state index contributed by atoms with van der Waals surface area (Å²) in [6, 6.07) is 0. The van der Waals surface area contributed by atoms with Crippen molar-refractivity contribution in [3.05, 3.63) is 36.0 Å². The van der Waals surface area contributed by atoms with Crippen LogP contribution < -0.4 is 0 Å².